The highest BCUT2D eigenvalue weighted by Crippen LogP contribution is 2.34. The maximum absolute atomic E-state index is 13.2. The smallest absolute Gasteiger partial charge is 0.357 e. The lowest BCUT2D eigenvalue weighted by atomic mass is 10.0. The van der Waals surface area contributed by atoms with E-state index in [4.69, 9.17) is 0 Å². The second-order valence-corrected chi connectivity index (χ2v) is 7.80. The molecule has 2 aromatic rings. The van der Waals surface area contributed by atoms with Crippen molar-refractivity contribution in [1.29, 1.82) is 0 Å². The first kappa shape index (κ1) is 16.5. The summed E-state index contributed by atoms with van der Waals surface area (Å²) in [6.07, 6.45) is 1.50. The average Bonchev–Trinajstić information content (AvgIpc) is 2.83. The first-order valence-electron chi connectivity index (χ1n) is 7.62. The van der Waals surface area contributed by atoms with Gasteiger partial charge in [-0.25, -0.2) is 13.2 Å². The largest absolute Gasteiger partial charge is 0.476 e. The Hall–Kier alpha value is -2.35. The van der Waals surface area contributed by atoms with Crippen LogP contribution < -0.4 is 4.31 Å². The lowest BCUT2D eigenvalue weighted by Gasteiger charge is -2.30. The number of anilines is 1. The zero-order valence-corrected chi connectivity index (χ0v) is 14.6. The number of aromatic nitrogens is 2. The zero-order valence-electron chi connectivity index (χ0n) is 13.8. The van der Waals surface area contributed by atoms with Crippen molar-refractivity contribution < 1.29 is 18.3 Å². The SMILES string of the molecule is Cc1ccc2c(c1)CCCN2S(=O)(=O)c1c(C(=O)O)nn(C)c1C. The fourth-order valence-corrected chi connectivity index (χ4v) is 4.99. The normalized spacial score (nSPS) is 14.5. The molecular formula is C16H19N3O4S. The molecule has 0 saturated heterocycles. The lowest BCUT2D eigenvalue weighted by molar-refractivity contribution is 0.0685. The van der Waals surface area contributed by atoms with E-state index in [1.165, 1.54) is 16.0 Å². The van der Waals surface area contributed by atoms with E-state index in [2.05, 4.69) is 5.10 Å². The highest BCUT2D eigenvalue weighted by molar-refractivity contribution is 7.93. The highest BCUT2D eigenvalue weighted by atomic mass is 32.2. The summed E-state index contributed by atoms with van der Waals surface area (Å²) in [4.78, 5) is 11.2. The fourth-order valence-electron chi connectivity index (χ4n) is 3.09. The molecule has 0 amide bonds. The van der Waals surface area contributed by atoms with Crippen molar-refractivity contribution >= 4 is 21.7 Å². The van der Waals surface area contributed by atoms with Gasteiger partial charge in [-0.2, -0.15) is 5.10 Å². The summed E-state index contributed by atoms with van der Waals surface area (Å²) < 4.78 is 29.0. The number of rotatable bonds is 3. The van der Waals surface area contributed by atoms with Crippen LogP contribution in [-0.4, -0.2) is 35.8 Å². The predicted molar refractivity (Wildman–Crippen MR) is 88.9 cm³/mol. The van der Waals surface area contributed by atoms with Gasteiger partial charge >= 0.3 is 5.97 Å². The van der Waals surface area contributed by atoms with Gasteiger partial charge in [0.05, 0.1) is 11.4 Å². The molecule has 1 N–H and O–H groups in total. The maximum Gasteiger partial charge on any atom is 0.357 e. The minimum absolute atomic E-state index is 0.231. The molecule has 0 spiro atoms. The van der Waals surface area contributed by atoms with Gasteiger partial charge in [-0.05, 0) is 38.3 Å². The second-order valence-electron chi connectivity index (χ2n) is 6.00. The van der Waals surface area contributed by atoms with Crippen LogP contribution in [0.5, 0.6) is 0 Å². The van der Waals surface area contributed by atoms with Crippen LogP contribution in [0.25, 0.3) is 0 Å². The molecule has 0 bridgehead atoms. The number of fused-ring (bicyclic) bond motifs is 1. The molecule has 0 atom stereocenters. The van der Waals surface area contributed by atoms with E-state index in [9.17, 15) is 18.3 Å². The number of aromatic carboxylic acids is 1. The van der Waals surface area contributed by atoms with Crippen molar-refractivity contribution in [3.05, 3.63) is 40.7 Å². The van der Waals surface area contributed by atoms with E-state index >= 15 is 0 Å². The molecule has 2 heterocycles. The van der Waals surface area contributed by atoms with Crippen LogP contribution in [-0.2, 0) is 23.5 Å². The van der Waals surface area contributed by atoms with Crippen LogP contribution in [0.2, 0.25) is 0 Å². The Morgan fingerprint density at radius 1 is 1.29 bits per heavy atom. The molecule has 8 heteroatoms. The number of sulfonamides is 1. The Kier molecular flexibility index (Phi) is 3.87. The fraction of sp³-hybridized carbons (Fsp3) is 0.375. The van der Waals surface area contributed by atoms with Crippen LogP contribution in [0.3, 0.4) is 0 Å². The molecule has 0 fully saturated rings. The van der Waals surface area contributed by atoms with Gasteiger partial charge in [0.1, 0.15) is 4.90 Å². The van der Waals surface area contributed by atoms with Gasteiger partial charge in [-0.1, -0.05) is 17.7 Å². The molecule has 1 aliphatic heterocycles. The number of carboxylic acids is 1. The third-order valence-corrected chi connectivity index (χ3v) is 6.30. The number of benzene rings is 1. The summed E-state index contributed by atoms with van der Waals surface area (Å²) in [7, 11) is -2.47. The van der Waals surface area contributed by atoms with Crippen LogP contribution in [0.4, 0.5) is 5.69 Å². The molecule has 3 rings (SSSR count). The third kappa shape index (κ3) is 2.47. The molecule has 24 heavy (non-hydrogen) atoms. The van der Waals surface area contributed by atoms with Crippen LogP contribution in [0.1, 0.15) is 33.7 Å². The minimum atomic E-state index is -4.00. The van der Waals surface area contributed by atoms with E-state index < -0.39 is 21.7 Å². The Labute approximate surface area is 140 Å². The number of hydrogen-bond donors (Lipinski definition) is 1. The minimum Gasteiger partial charge on any atom is -0.476 e. The van der Waals surface area contributed by atoms with E-state index in [0.29, 0.717) is 24.3 Å². The van der Waals surface area contributed by atoms with Crippen LogP contribution >= 0.6 is 0 Å². The van der Waals surface area contributed by atoms with Crippen LogP contribution in [0.15, 0.2) is 23.1 Å². The Bertz CT molecular complexity index is 931. The molecule has 0 saturated carbocycles. The summed E-state index contributed by atoms with van der Waals surface area (Å²) >= 11 is 0. The molecule has 128 valence electrons. The van der Waals surface area contributed by atoms with Gasteiger partial charge in [0, 0.05) is 13.6 Å². The molecule has 0 unspecified atom stereocenters. The lowest BCUT2D eigenvalue weighted by Crippen LogP contribution is -2.36. The van der Waals surface area contributed by atoms with E-state index in [1.54, 1.807) is 13.0 Å². The molecule has 1 aromatic carbocycles. The summed E-state index contributed by atoms with van der Waals surface area (Å²) in [5, 5.41) is 13.2. The molecule has 1 aromatic heterocycles. The predicted octanol–water partition coefficient (Wildman–Crippen LogP) is 1.88. The van der Waals surface area contributed by atoms with Gasteiger partial charge in [0.15, 0.2) is 5.69 Å². The topological polar surface area (TPSA) is 92.5 Å². The van der Waals surface area contributed by atoms with Gasteiger partial charge in [0.2, 0.25) is 0 Å². The summed E-state index contributed by atoms with van der Waals surface area (Å²) in [5.74, 6) is -1.35. The van der Waals surface area contributed by atoms with Crippen molar-refractivity contribution in [3.8, 4) is 0 Å². The van der Waals surface area contributed by atoms with Gasteiger partial charge in [0.25, 0.3) is 10.0 Å². The number of nitrogens with zero attached hydrogens (tertiary/aromatic N) is 3. The number of aryl methyl sites for hydroxylation is 3. The average molecular weight is 349 g/mol. The Morgan fingerprint density at radius 2 is 2.00 bits per heavy atom. The summed E-state index contributed by atoms with van der Waals surface area (Å²) in [5.41, 5.74) is 2.52. The first-order chi connectivity index (χ1) is 11.2. The quantitative estimate of drug-likeness (QED) is 0.913. The van der Waals surface area contributed by atoms with Gasteiger partial charge in [-0.15, -0.1) is 0 Å². The van der Waals surface area contributed by atoms with Crippen molar-refractivity contribution in [2.75, 3.05) is 10.8 Å². The summed E-state index contributed by atoms with van der Waals surface area (Å²) in [6.45, 7) is 3.85. The standard InChI is InChI=1S/C16H19N3O4S/c1-10-6-7-13-12(9-10)5-4-8-19(13)24(22,23)15-11(2)18(3)17-14(15)16(20)21/h6-7,9H,4-5,8H2,1-3H3,(H,20,21). The van der Waals surface area contributed by atoms with E-state index in [0.717, 1.165) is 17.5 Å². The third-order valence-electron chi connectivity index (χ3n) is 4.34. The molecule has 0 aliphatic carbocycles. The van der Waals surface area contributed by atoms with Crippen molar-refractivity contribution in [1.82, 2.24) is 9.78 Å². The highest BCUT2D eigenvalue weighted by Gasteiger charge is 2.36. The molecule has 0 radical (unpaired) electrons. The molecule has 1 aliphatic rings. The Balaban J connectivity index is 2.20. The number of carboxylic acid groups (broad SMARTS) is 1. The molecular weight excluding hydrogens is 330 g/mol. The second kappa shape index (κ2) is 5.62. The first-order valence-corrected chi connectivity index (χ1v) is 9.06. The zero-order chi connectivity index (χ0) is 17.6. The number of hydrogen-bond acceptors (Lipinski definition) is 4. The summed E-state index contributed by atoms with van der Waals surface area (Å²) in [6, 6.07) is 5.62. The van der Waals surface area contributed by atoms with Gasteiger partial charge in [-0.3, -0.25) is 8.99 Å². The van der Waals surface area contributed by atoms with E-state index in [-0.39, 0.29) is 4.90 Å². The Morgan fingerprint density at radius 3 is 2.67 bits per heavy atom. The van der Waals surface area contributed by atoms with Gasteiger partial charge < -0.3 is 5.11 Å². The number of carbonyl (C=O) groups is 1. The van der Waals surface area contributed by atoms with E-state index in [1.807, 2.05) is 19.1 Å². The molecule has 7 nitrogen and oxygen atoms in total. The maximum atomic E-state index is 13.2. The van der Waals surface area contributed by atoms with Crippen molar-refractivity contribution in [2.45, 2.75) is 31.6 Å². The van der Waals surface area contributed by atoms with Crippen LogP contribution in [0, 0.1) is 13.8 Å². The monoisotopic (exact) mass is 349 g/mol. The van der Waals surface area contributed by atoms with Crippen molar-refractivity contribution in [3.63, 3.8) is 0 Å². The van der Waals surface area contributed by atoms with Crippen molar-refractivity contribution in [2.24, 2.45) is 7.05 Å².